The number of benzene rings is 1. The molecule has 0 spiro atoms. The van der Waals surface area contributed by atoms with Gasteiger partial charge in [-0.2, -0.15) is 0 Å². The van der Waals surface area contributed by atoms with Gasteiger partial charge in [0.25, 0.3) is 0 Å². The molecule has 0 bridgehead atoms. The molecule has 4 heterocycles. The van der Waals surface area contributed by atoms with Crippen LogP contribution in [0.25, 0.3) is 0 Å². The summed E-state index contributed by atoms with van der Waals surface area (Å²) >= 11 is 0. The third kappa shape index (κ3) is 4.76. The van der Waals surface area contributed by atoms with Crippen molar-refractivity contribution in [2.24, 2.45) is 0 Å². The Hall–Kier alpha value is -3.00. The second kappa shape index (κ2) is 9.22. The molecule has 0 radical (unpaired) electrons. The predicted octanol–water partition coefficient (Wildman–Crippen LogP) is 4.98. The fraction of sp³-hybridized carbons (Fsp3) is 0.556. The molecule has 35 heavy (non-hydrogen) atoms. The number of ether oxygens (including phenoxy) is 3. The number of nitrogens with one attached hydrogen (secondary N) is 1. The van der Waals surface area contributed by atoms with E-state index >= 15 is 0 Å². The zero-order valence-corrected chi connectivity index (χ0v) is 21.4. The van der Waals surface area contributed by atoms with Gasteiger partial charge in [0.05, 0.1) is 19.8 Å². The Balaban J connectivity index is 1.49. The van der Waals surface area contributed by atoms with Crippen LogP contribution in [0.2, 0.25) is 0 Å². The van der Waals surface area contributed by atoms with Crippen molar-refractivity contribution < 1.29 is 19.0 Å². The molecule has 3 aliphatic rings. The van der Waals surface area contributed by atoms with Crippen molar-refractivity contribution >= 4 is 23.2 Å². The normalized spacial score (nSPS) is 21.2. The summed E-state index contributed by atoms with van der Waals surface area (Å²) in [5, 5.41) is 3.56. The lowest BCUT2D eigenvalue weighted by molar-refractivity contribution is 0.0188. The average Bonchev–Trinajstić information content (AvgIpc) is 2.94. The number of piperidine rings is 1. The van der Waals surface area contributed by atoms with Gasteiger partial charge in [0.2, 0.25) is 5.88 Å². The number of hydrogen-bond acceptors (Lipinski definition) is 7. The first-order valence-corrected chi connectivity index (χ1v) is 12.6. The molecule has 2 atom stereocenters. The predicted molar refractivity (Wildman–Crippen MR) is 136 cm³/mol. The fourth-order valence-corrected chi connectivity index (χ4v) is 5.49. The summed E-state index contributed by atoms with van der Waals surface area (Å²) in [6.45, 7) is 13.8. The SMILES string of the molecule is CCOc1ncc(C)cc1Nc1cc2c3c(c1)[C@@H]1CN(C(=O)OC(C)(C)C)CC[C@@H]1N3CCOC2. The van der Waals surface area contributed by atoms with Gasteiger partial charge < -0.3 is 29.3 Å². The summed E-state index contributed by atoms with van der Waals surface area (Å²) < 4.78 is 17.4. The van der Waals surface area contributed by atoms with E-state index in [1.807, 2.05) is 45.7 Å². The molecule has 0 unspecified atom stereocenters. The van der Waals surface area contributed by atoms with E-state index in [0.717, 1.165) is 29.9 Å². The van der Waals surface area contributed by atoms with Crippen molar-refractivity contribution in [2.45, 2.75) is 65.2 Å². The number of aromatic nitrogens is 1. The van der Waals surface area contributed by atoms with Crippen LogP contribution in [0.4, 0.5) is 21.9 Å². The average molecular weight is 481 g/mol. The summed E-state index contributed by atoms with van der Waals surface area (Å²) in [4.78, 5) is 21.7. The van der Waals surface area contributed by atoms with Gasteiger partial charge in [-0.1, -0.05) is 0 Å². The van der Waals surface area contributed by atoms with Gasteiger partial charge in [0.1, 0.15) is 11.3 Å². The molecule has 188 valence electrons. The van der Waals surface area contributed by atoms with E-state index in [2.05, 4.69) is 33.4 Å². The molecule has 1 fully saturated rings. The number of likely N-dealkylation sites (tertiary alicyclic amines) is 1. The van der Waals surface area contributed by atoms with Crippen LogP contribution in [0.15, 0.2) is 24.4 Å². The van der Waals surface area contributed by atoms with E-state index in [4.69, 9.17) is 14.2 Å². The lowest BCUT2D eigenvalue weighted by Gasteiger charge is -2.39. The summed E-state index contributed by atoms with van der Waals surface area (Å²) in [5.74, 6) is 0.820. The van der Waals surface area contributed by atoms with Crippen LogP contribution >= 0.6 is 0 Å². The maximum atomic E-state index is 12.9. The molecule has 3 aliphatic heterocycles. The standard InChI is InChI=1S/C27H36N4O4/c1-6-34-25-22(11-17(2)14-28-25)29-19-12-18-16-33-10-9-31-23-7-8-30(26(32)35-27(3,4)5)15-21(23)20(13-19)24(18)31/h11-14,21,23,29H,6-10,15-16H2,1-5H3/t21-,23-/m0/s1. The number of hydrogen-bond donors (Lipinski definition) is 1. The minimum Gasteiger partial charge on any atom is -0.476 e. The molecule has 1 saturated heterocycles. The zero-order chi connectivity index (χ0) is 24.7. The molecule has 0 aliphatic carbocycles. The van der Waals surface area contributed by atoms with Crippen LogP contribution in [0, 0.1) is 6.92 Å². The monoisotopic (exact) mass is 480 g/mol. The summed E-state index contributed by atoms with van der Waals surface area (Å²) in [5.41, 5.74) is 6.11. The highest BCUT2D eigenvalue weighted by atomic mass is 16.6. The minimum atomic E-state index is -0.504. The molecule has 5 rings (SSSR count). The second-order valence-corrected chi connectivity index (χ2v) is 10.6. The van der Waals surface area contributed by atoms with Crippen LogP contribution in [0.1, 0.15) is 56.7 Å². The van der Waals surface area contributed by atoms with Crippen LogP contribution in [-0.4, -0.2) is 60.5 Å². The Morgan fingerprint density at radius 1 is 1.26 bits per heavy atom. The first-order chi connectivity index (χ1) is 16.7. The van der Waals surface area contributed by atoms with Gasteiger partial charge >= 0.3 is 6.09 Å². The van der Waals surface area contributed by atoms with Crippen molar-refractivity contribution in [2.75, 3.05) is 43.1 Å². The highest BCUT2D eigenvalue weighted by Gasteiger charge is 2.45. The molecule has 8 nitrogen and oxygen atoms in total. The van der Waals surface area contributed by atoms with Crippen molar-refractivity contribution in [3.63, 3.8) is 0 Å². The third-order valence-electron chi connectivity index (χ3n) is 6.82. The molecule has 1 aromatic heterocycles. The number of pyridine rings is 1. The summed E-state index contributed by atoms with van der Waals surface area (Å²) in [7, 11) is 0. The van der Waals surface area contributed by atoms with Gasteiger partial charge in [0, 0.05) is 54.7 Å². The van der Waals surface area contributed by atoms with Gasteiger partial charge in [-0.3, -0.25) is 0 Å². The number of amides is 1. The third-order valence-corrected chi connectivity index (χ3v) is 6.82. The highest BCUT2D eigenvalue weighted by molar-refractivity contribution is 5.76. The Morgan fingerprint density at radius 3 is 2.86 bits per heavy atom. The molecule has 1 amide bonds. The lowest BCUT2D eigenvalue weighted by atomic mass is 9.88. The van der Waals surface area contributed by atoms with Crippen molar-refractivity contribution in [3.8, 4) is 5.88 Å². The van der Waals surface area contributed by atoms with Gasteiger partial charge in [0.15, 0.2) is 0 Å². The number of rotatable bonds is 4. The Labute approximate surface area is 207 Å². The first-order valence-electron chi connectivity index (χ1n) is 12.6. The topological polar surface area (TPSA) is 76.2 Å². The number of nitrogens with zero attached hydrogens (tertiary/aromatic N) is 3. The van der Waals surface area contributed by atoms with E-state index in [1.165, 1.54) is 16.8 Å². The van der Waals surface area contributed by atoms with E-state index < -0.39 is 5.60 Å². The number of anilines is 3. The van der Waals surface area contributed by atoms with Crippen molar-refractivity contribution in [1.82, 2.24) is 9.88 Å². The Morgan fingerprint density at radius 2 is 2.09 bits per heavy atom. The van der Waals surface area contributed by atoms with E-state index in [9.17, 15) is 4.79 Å². The number of carbonyl (C=O) groups excluding carboxylic acids is 1. The van der Waals surface area contributed by atoms with E-state index in [1.54, 1.807) is 0 Å². The summed E-state index contributed by atoms with van der Waals surface area (Å²) in [6, 6.07) is 6.83. The second-order valence-electron chi connectivity index (χ2n) is 10.6. The first kappa shape index (κ1) is 23.7. The zero-order valence-electron chi connectivity index (χ0n) is 21.4. The molecule has 1 aromatic carbocycles. The van der Waals surface area contributed by atoms with E-state index in [0.29, 0.717) is 44.8 Å². The molecular formula is C27H36N4O4. The quantitative estimate of drug-likeness (QED) is 0.662. The lowest BCUT2D eigenvalue weighted by Crippen LogP contribution is -2.49. The van der Waals surface area contributed by atoms with Crippen molar-refractivity contribution in [3.05, 3.63) is 41.1 Å². The van der Waals surface area contributed by atoms with Crippen LogP contribution in [0.3, 0.4) is 0 Å². The number of fused-ring (bicyclic) bond motifs is 3. The molecular weight excluding hydrogens is 444 g/mol. The number of carbonyl (C=O) groups is 1. The van der Waals surface area contributed by atoms with Crippen LogP contribution < -0.4 is 15.0 Å². The highest BCUT2D eigenvalue weighted by Crippen LogP contribution is 2.49. The fourth-order valence-electron chi connectivity index (χ4n) is 5.49. The van der Waals surface area contributed by atoms with Crippen LogP contribution in [0.5, 0.6) is 5.88 Å². The molecule has 1 N–H and O–H groups in total. The molecule has 8 heteroatoms. The minimum absolute atomic E-state index is 0.229. The Bertz CT molecular complexity index is 1110. The van der Waals surface area contributed by atoms with E-state index in [-0.39, 0.29) is 12.0 Å². The molecule has 0 saturated carbocycles. The summed E-state index contributed by atoms with van der Waals surface area (Å²) in [6.07, 6.45) is 2.50. The maximum Gasteiger partial charge on any atom is 0.410 e. The maximum absolute atomic E-state index is 12.9. The van der Waals surface area contributed by atoms with Crippen LogP contribution in [-0.2, 0) is 16.1 Å². The van der Waals surface area contributed by atoms with Crippen molar-refractivity contribution in [1.29, 1.82) is 0 Å². The van der Waals surface area contributed by atoms with Gasteiger partial charge in [-0.25, -0.2) is 9.78 Å². The van der Waals surface area contributed by atoms with Gasteiger partial charge in [-0.15, -0.1) is 0 Å². The number of aryl methyl sites for hydroxylation is 1. The Kier molecular flexibility index (Phi) is 6.25. The molecule has 2 aromatic rings. The van der Waals surface area contributed by atoms with Gasteiger partial charge in [-0.05, 0) is 70.4 Å². The smallest absolute Gasteiger partial charge is 0.410 e. The largest absolute Gasteiger partial charge is 0.476 e.